The van der Waals surface area contributed by atoms with Gasteiger partial charge in [0.05, 0.1) is 31.4 Å². The summed E-state index contributed by atoms with van der Waals surface area (Å²) in [7, 11) is 1.51. The maximum atomic E-state index is 13.4. The summed E-state index contributed by atoms with van der Waals surface area (Å²) in [6, 6.07) is 3.56. The molecule has 0 bridgehead atoms. The number of nitrogens with one attached hydrogen (secondary N) is 1. The summed E-state index contributed by atoms with van der Waals surface area (Å²) in [5.74, 6) is -0.791. The number of hydrogen-bond donors (Lipinski definition) is 2. The van der Waals surface area contributed by atoms with Crippen LogP contribution in [0.15, 0.2) is 59.6 Å². The summed E-state index contributed by atoms with van der Waals surface area (Å²) in [6.07, 6.45) is 6.67. The number of anilines is 1. The molecule has 10 heteroatoms. The fourth-order valence-electron chi connectivity index (χ4n) is 2.74. The predicted molar refractivity (Wildman–Crippen MR) is 106 cm³/mol. The van der Waals surface area contributed by atoms with Gasteiger partial charge in [0.15, 0.2) is 17.3 Å². The highest BCUT2D eigenvalue weighted by Crippen LogP contribution is 2.26. The highest BCUT2D eigenvalue weighted by atomic mass is 19.1. The maximum absolute atomic E-state index is 13.4. The number of methoxy groups -OCH3 is 1. The molecule has 0 radical (unpaired) electrons. The largest absolute Gasteiger partial charge is 0.501 e. The number of amides is 1. The lowest BCUT2D eigenvalue weighted by Crippen LogP contribution is -2.25. The monoisotopic (exact) mass is 395 g/mol. The third kappa shape index (κ3) is 3.95. The number of pyridine rings is 1. The van der Waals surface area contributed by atoms with Gasteiger partial charge < -0.3 is 15.8 Å². The topological polar surface area (TPSA) is 120 Å². The Labute approximate surface area is 165 Å². The molecule has 0 aliphatic heterocycles. The van der Waals surface area contributed by atoms with E-state index in [-0.39, 0.29) is 17.0 Å². The molecule has 0 fully saturated rings. The summed E-state index contributed by atoms with van der Waals surface area (Å²) in [4.78, 5) is 24.8. The Morgan fingerprint density at radius 3 is 2.90 bits per heavy atom. The van der Waals surface area contributed by atoms with E-state index in [0.29, 0.717) is 22.6 Å². The number of ether oxygens (including phenoxy) is 1. The molecule has 3 N–H and O–H groups in total. The fraction of sp³-hybridized carbons (Fsp3) is 0.105. The minimum absolute atomic E-state index is 0.000527. The molecule has 1 amide bonds. The van der Waals surface area contributed by atoms with Crippen LogP contribution in [0.3, 0.4) is 0 Å². The van der Waals surface area contributed by atoms with Crippen molar-refractivity contribution in [3.63, 3.8) is 0 Å². The quantitative estimate of drug-likeness (QED) is 0.375. The SMILES string of the molecule is C=N/C=C(NC(=O)c1c(N)nn2cc(F)cnc12)\C(=C(/C)OC)c1cccnc1. The summed E-state index contributed by atoms with van der Waals surface area (Å²) < 4.78 is 19.9. The van der Waals surface area contributed by atoms with Crippen molar-refractivity contribution in [2.24, 2.45) is 4.99 Å². The van der Waals surface area contributed by atoms with Gasteiger partial charge in [-0.15, -0.1) is 5.10 Å². The molecule has 0 saturated carbocycles. The van der Waals surface area contributed by atoms with Crippen molar-refractivity contribution < 1.29 is 13.9 Å². The Balaban J connectivity index is 2.06. The molecule has 0 aliphatic carbocycles. The first-order valence-corrected chi connectivity index (χ1v) is 8.38. The maximum Gasteiger partial charge on any atom is 0.263 e. The van der Waals surface area contributed by atoms with Gasteiger partial charge in [0.25, 0.3) is 5.91 Å². The minimum Gasteiger partial charge on any atom is -0.501 e. The molecule has 0 atom stereocenters. The molecular weight excluding hydrogens is 377 g/mol. The first-order chi connectivity index (χ1) is 14.0. The lowest BCUT2D eigenvalue weighted by Gasteiger charge is -2.16. The smallest absolute Gasteiger partial charge is 0.263 e. The van der Waals surface area contributed by atoms with Gasteiger partial charge in [-0.2, -0.15) is 0 Å². The summed E-state index contributed by atoms with van der Waals surface area (Å²) in [5.41, 5.74) is 7.53. The Morgan fingerprint density at radius 1 is 1.45 bits per heavy atom. The Bertz CT molecular complexity index is 1140. The molecule has 0 unspecified atom stereocenters. The second-order valence-electron chi connectivity index (χ2n) is 5.86. The zero-order valence-electron chi connectivity index (χ0n) is 15.8. The second-order valence-corrected chi connectivity index (χ2v) is 5.86. The number of carbonyl (C=O) groups excluding carboxylic acids is 1. The molecule has 9 nitrogen and oxygen atoms in total. The number of rotatable bonds is 6. The Morgan fingerprint density at radius 2 is 2.24 bits per heavy atom. The van der Waals surface area contributed by atoms with E-state index in [0.717, 1.165) is 16.9 Å². The molecule has 29 heavy (non-hydrogen) atoms. The highest BCUT2D eigenvalue weighted by molar-refractivity contribution is 6.06. The van der Waals surface area contributed by atoms with Gasteiger partial charge in [-0.05, 0) is 19.7 Å². The van der Waals surface area contributed by atoms with Gasteiger partial charge >= 0.3 is 0 Å². The minimum atomic E-state index is -0.610. The molecule has 0 aromatic carbocycles. The fourth-order valence-corrected chi connectivity index (χ4v) is 2.74. The van der Waals surface area contributed by atoms with Crippen molar-refractivity contribution in [3.8, 4) is 0 Å². The van der Waals surface area contributed by atoms with E-state index in [9.17, 15) is 9.18 Å². The lowest BCUT2D eigenvalue weighted by atomic mass is 10.0. The molecule has 0 aliphatic rings. The van der Waals surface area contributed by atoms with E-state index in [1.165, 1.54) is 13.3 Å². The van der Waals surface area contributed by atoms with Crippen LogP contribution in [-0.2, 0) is 4.74 Å². The van der Waals surface area contributed by atoms with Gasteiger partial charge in [-0.1, -0.05) is 6.07 Å². The van der Waals surface area contributed by atoms with Gasteiger partial charge in [0.1, 0.15) is 11.3 Å². The highest BCUT2D eigenvalue weighted by Gasteiger charge is 2.23. The Hall–Kier alpha value is -4.08. The van der Waals surface area contributed by atoms with Crippen LogP contribution in [0.2, 0.25) is 0 Å². The summed E-state index contributed by atoms with van der Waals surface area (Å²) >= 11 is 0. The normalized spacial score (nSPS) is 12.4. The first kappa shape index (κ1) is 19.7. The van der Waals surface area contributed by atoms with E-state index in [4.69, 9.17) is 10.5 Å². The van der Waals surface area contributed by atoms with Gasteiger partial charge in [0.2, 0.25) is 0 Å². The van der Waals surface area contributed by atoms with Crippen molar-refractivity contribution in [1.82, 2.24) is 24.9 Å². The van der Waals surface area contributed by atoms with Gasteiger partial charge in [-0.3, -0.25) is 14.8 Å². The number of halogens is 1. The average Bonchev–Trinajstić information content (AvgIpc) is 3.03. The first-order valence-electron chi connectivity index (χ1n) is 8.38. The van der Waals surface area contributed by atoms with Crippen LogP contribution in [0.5, 0.6) is 0 Å². The van der Waals surface area contributed by atoms with Gasteiger partial charge in [-0.25, -0.2) is 13.9 Å². The van der Waals surface area contributed by atoms with Crippen LogP contribution in [0.4, 0.5) is 10.2 Å². The third-order valence-electron chi connectivity index (χ3n) is 4.04. The number of carbonyl (C=O) groups is 1. The van der Waals surface area contributed by atoms with Crippen LogP contribution in [0, 0.1) is 5.82 Å². The molecule has 3 aromatic rings. The van der Waals surface area contributed by atoms with E-state index >= 15 is 0 Å². The third-order valence-corrected chi connectivity index (χ3v) is 4.04. The average molecular weight is 395 g/mol. The number of aliphatic imine (C=N–C) groups is 1. The van der Waals surface area contributed by atoms with Crippen molar-refractivity contribution in [3.05, 3.63) is 71.5 Å². The number of nitrogen functional groups attached to an aromatic ring is 1. The second kappa shape index (κ2) is 8.30. The van der Waals surface area contributed by atoms with Crippen molar-refractivity contribution in [2.75, 3.05) is 12.8 Å². The van der Waals surface area contributed by atoms with Crippen molar-refractivity contribution in [2.45, 2.75) is 6.92 Å². The molecule has 3 aromatic heterocycles. The van der Waals surface area contributed by atoms with Crippen molar-refractivity contribution in [1.29, 1.82) is 0 Å². The number of fused-ring (bicyclic) bond motifs is 1. The van der Waals surface area contributed by atoms with Crippen LogP contribution in [0.25, 0.3) is 11.2 Å². The number of nitrogens with zero attached hydrogens (tertiary/aromatic N) is 5. The zero-order chi connectivity index (χ0) is 21.0. The number of nitrogens with two attached hydrogens (primary N) is 1. The molecule has 0 saturated heterocycles. The summed E-state index contributed by atoms with van der Waals surface area (Å²) in [5, 5.41) is 6.67. The van der Waals surface area contributed by atoms with E-state index < -0.39 is 11.7 Å². The standard InChI is InChI=1S/C19H18FN7O2/c1-11(29-3)15(12-5-4-6-23-7-12)14(9-22-2)25-19(28)16-17(21)26-27-10-13(20)8-24-18(16)27/h4-10H,2H2,1,3H3,(H2,21,26)(H,25,28)/b14-9+,15-11+. The van der Waals surface area contributed by atoms with E-state index in [1.54, 1.807) is 25.4 Å². The van der Waals surface area contributed by atoms with Crippen molar-refractivity contribution >= 4 is 29.7 Å². The zero-order valence-corrected chi connectivity index (χ0v) is 15.8. The number of hydrogen-bond acceptors (Lipinski definition) is 7. The molecular formula is C19H18FN7O2. The molecule has 0 spiro atoms. The predicted octanol–water partition coefficient (Wildman–Crippen LogP) is 2.19. The van der Waals surface area contributed by atoms with Crippen LogP contribution in [-0.4, -0.2) is 39.3 Å². The Kier molecular flexibility index (Phi) is 5.63. The molecule has 148 valence electrons. The summed E-state index contributed by atoms with van der Waals surface area (Å²) in [6.45, 7) is 5.19. The number of allylic oxidation sites excluding steroid dienone is 2. The molecule has 3 heterocycles. The van der Waals surface area contributed by atoms with Gasteiger partial charge in [0, 0.05) is 23.5 Å². The van der Waals surface area contributed by atoms with Crippen LogP contribution >= 0.6 is 0 Å². The van der Waals surface area contributed by atoms with Crippen LogP contribution < -0.4 is 11.1 Å². The molecule has 3 rings (SSSR count). The lowest BCUT2D eigenvalue weighted by molar-refractivity contribution is 0.0969. The van der Waals surface area contributed by atoms with Crippen LogP contribution in [0.1, 0.15) is 22.8 Å². The van der Waals surface area contributed by atoms with E-state index in [1.807, 2.05) is 6.07 Å². The number of aromatic nitrogens is 4. The van der Waals surface area contributed by atoms with E-state index in [2.05, 4.69) is 32.1 Å².